The van der Waals surface area contributed by atoms with Crippen LogP contribution >= 0.6 is 0 Å². The number of nitriles is 1. The van der Waals surface area contributed by atoms with Crippen molar-refractivity contribution in [1.29, 1.82) is 10.7 Å². The SMILES string of the molecule is Cc1cnc(-c2ccc(C(=O)NC3CCC=CC3=N)cc2)c(C#N)c1. The van der Waals surface area contributed by atoms with Gasteiger partial charge in [0.15, 0.2) is 0 Å². The van der Waals surface area contributed by atoms with Crippen LogP contribution in [0.2, 0.25) is 0 Å². The van der Waals surface area contributed by atoms with E-state index in [4.69, 9.17) is 5.41 Å². The number of rotatable bonds is 3. The molecule has 0 saturated heterocycles. The Balaban J connectivity index is 1.78. The van der Waals surface area contributed by atoms with Crippen LogP contribution in [0.3, 0.4) is 0 Å². The topological polar surface area (TPSA) is 89.6 Å². The average Bonchev–Trinajstić information content (AvgIpc) is 2.63. The van der Waals surface area contributed by atoms with Gasteiger partial charge in [-0.1, -0.05) is 18.2 Å². The first-order chi connectivity index (χ1) is 12.1. The molecule has 1 unspecified atom stereocenters. The van der Waals surface area contributed by atoms with E-state index in [1.807, 2.05) is 13.0 Å². The van der Waals surface area contributed by atoms with E-state index >= 15 is 0 Å². The zero-order chi connectivity index (χ0) is 17.8. The summed E-state index contributed by atoms with van der Waals surface area (Å²) in [5, 5.41) is 20.0. The number of carbonyl (C=O) groups is 1. The number of allylic oxidation sites excluding steroid dienone is 1. The molecule has 0 spiro atoms. The van der Waals surface area contributed by atoms with Crippen LogP contribution in [-0.2, 0) is 0 Å². The second-order valence-corrected chi connectivity index (χ2v) is 6.06. The summed E-state index contributed by atoms with van der Waals surface area (Å²) >= 11 is 0. The van der Waals surface area contributed by atoms with E-state index in [0.29, 0.717) is 22.5 Å². The molecular weight excluding hydrogens is 312 g/mol. The Kier molecular flexibility index (Phi) is 4.71. The maximum atomic E-state index is 12.4. The van der Waals surface area contributed by atoms with Gasteiger partial charge in [-0.3, -0.25) is 9.78 Å². The zero-order valence-electron chi connectivity index (χ0n) is 13.9. The highest BCUT2D eigenvalue weighted by atomic mass is 16.1. The van der Waals surface area contributed by atoms with Gasteiger partial charge >= 0.3 is 0 Å². The van der Waals surface area contributed by atoms with E-state index < -0.39 is 0 Å². The lowest BCUT2D eigenvalue weighted by molar-refractivity contribution is 0.0945. The second kappa shape index (κ2) is 7.10. The molecule has 124 valence electrons. The molecule has 0 saturated carbocycles. The van der Waals surface area contributed by atoms with Crippen LogP contribution in [-0.4, -0.2) is 22.6 Å². The second-order valence-electron chi connectivity index (χ2n) is 6.06. The van der Waals surface area contributed by atoms with E-state index in [9.17, 15) is 10.1 Å². The maximum absolute atomic E-state index is 12.4. The van der Waals surface area contributed by atoms with Crippen LogP contribution in [0.5, 0.6) is 0 Å². The molecule has 0 fully saturated rings. The van der Waals surface area contributed by atoms with Crippen molar-refractivity contribution in [3.05, 3.63) is 65.4 Å². The Hall–Kier alpha value is -3.26. The normalized spacial score (nSPS) is 16.3. The quantitative estimate of drug-likeness (QED) is 0.904. The Bertz CT molecular complexity index is 891. The number of amides is 1. The van der Waals surface area contributed by atoms with Gasteiger partial charge in [0.1, 0.15) is 6.07 Å². The fourth-order valence-electron chi connectivity index (χ4n) is 2.80. The predicted octanol–water partition coefficient (Wildman–Crippen LogP) is 3.40. The molecule has 2 N–H and O–H groups in total. The van der Waals surface area contributed by atoms with Crippen molar-refractivity contribution in [1.82, 2.24) is 10.3 Å². The fraction of sp³-hybridized carbons (Fsp3) is 0.200. The molecule has 1 aromatic heterocycles. The number of carbonyl (C=O) groups excluding carboxylic acids is 1. The van der Waals surface area contributed by atoms with Gasteiger partial charge in [-0.25, -0.2) is 0 Å². The molecule has 1 aliphatic carbocycles. The van der Waals surface area contributed by atoms with Gasteiger partial charge in [-0.05, 0) is 49.6 Å². The summed E-state index contributed by atoms with van der Waals surface area (Å²) in [5.41, 5.74) is 3.80. The number of hydrogen-bond acceptors (Lipinski definition) is 4. The zero-order valence-corrected chi connectivity index (χ0v) is 13.9. The van der Waals surface area contributed by atoms with E-state index in [-0.39, 0.29) is 11.9 Å². The average molecular weight is 330 g/mol. The first-order valence-corrected chi connectivity index (χ1v) is 8.11. The fourth-order valence-corrected chi connectivity index (χ4v) is 2.80. The third kappa shape index (κ3) is 3.64. The maximum Gasteiger partial charge on any atom is 0.251 e. The number of nitrogens with one attached hydrogen (secondary N) is 2. The number of pyridine rings is 1. The Morgan fingerprint density at radius 3 is 2.80 bits per heavy atom. The minimum Gasteiger partial charge on any atom is -0.344 e. The predicted molar refractivity (Wildman–Crippen MR) is 96.5 cm³/mol. The summed E-state index contributed by atoms with van der Waals surface area (Å²) in [6.45, 7) is 1.89. The van der Waals surface area contributed by atoms with Gasteiger partial charge in [0.05, 0.1) is 23.0 Å². The van der Waals surface area contributed by atoms with E-state index in [0.717, 1.165) is 24.0 Å². The molecule has 1 aliphatic rings. The lowest BCUT2D eigenvalue weighted by Gasteiger charge is -2.20. The summed E-state index contributed by atoms with van der Waals surface area (Å²) < 4.78 is 0. The van der Waals surface area contributed by atoms with Gasteiger partial charge < -0.3 is 10.7 Å². The third-order valence-corrected chi connectivity index (χ3v) is 4.17. The van der Waals surface area contributed by atoms with Crippen molar-refractivity contribution < 1.29 is 4.79 Å². The molecule has 5 nitrogen and oxygen atoms in total. The molecule has 0 aliphatic heterocycles. The van der Waals surface area contributed by atoms with Crippen LogP contribution in [0.1, 0.15) is 34.3 Å². The first kappa shape index (κ1) is 16.6. The molecule has 1 aromatic carbocycles. The molecule has 25 heavy (non-hydrogen) atoms. The molecule has 0 radical (unpaired) electrons. The molecule has 2 aromatic rings. The van der Waals surface area contributed by atoms with Crippen molar-refractivity contribution in [3.63, 3.8) is 0 Å². The lowest BCUT2D eigenvalue weighted by Crippen LogP contribution is -2.40. The molecule has 1 amide bonds. The van der Waals surface area contributed by atoms with Crippen molar-refractivity contribution in [3.8, 4) is 17.3 Å². The van der Waals surface area contributed by atoms with E-state index in [2.05, 4.69) is 16.4 Å². The summed E-state index contributed by atoms with van der Waals surface area (Å²) in [7, 11) is 0. The summed E-state index contributed by atoms with van der Waals surface area (Å²) in [6, 6.07) is 10.7. The minimum atomic E-state index is -0.235. The van der Waals surface area contributed by atoms with Crippen molar-refractivity contribution >= 4 is 11.6 Å². The van der Waals surface area contributed by atoms with Crippen LogP contribution < -0.4 is 5.32 Å². The summed E-state index contributed by atoms with van der Waals surface area (Å²) in [6.07, 6.45) is 7.02. The molecule has 1 atom stereocenters. The number of aryl methyl sites for hydroxylation is 1. The standard InChI is InChI=1S/C20H18N4O/c1-13-10-16(11-21)19(23-12-13)14-6-8-15(9-7-14)20(25)24-18-5-3-2-4-17(18)22/h2,4,6-10,12,18,22H,3,5H2,1H3,(H,24,25). The summed E-state index contributed by atoms with van der Waals surface area (Å²) in [5.74, 6) is -0.200. The van der Waals surface area contributed by atoms with Gasteiger partial charge in [0.2, 0.25) is 0 Å². The number of benzene rings is 1. The Labute approximate surface area is 146 Å². The highest BCUT2D eigenvalue weighted by Gasteiger charge is 2.18. The van der Waals surface area contributed by atoms with Crippen LogP contribution in [0.25, 0.3) is 11.3 Å². The first-order valence-electron chi connectivity index (χ1n) is 8.11. The number of hydrogen-bond donors (Lipinski definition) is 2. The van der Waals surface area contributed by atoms with Gasteiger partial charge in [0, 0.05) is 17.3 Å². The van der Waals surface area contributed by atoms with Crippen LogP contribution in [0.15, 0.2) is 48.7 Å². The molecule has 5 heteroatoms. The van der Waals surface area contributed by atoms with Gasteiger partial charge in [0.25, 0.3) is 5.91 Å². The minimum absolute atomic E-state index is 0.200. The third-order valence-electron chi connectivity index (χ3n) is 4.17. The highest BCUT2D eigenvalue weighted by Crippen LogP contribution is 2.22. The van der Waals surface area contributed by atoms with Crippen LogP contribution in [0.4, 0.5) is 0 Å². The monoisotopic (exact) mass is 330 g/mol. The molecular formula is C20H18N4O. The number of nitrogens with zero attached hydrogens (tertiary/aromatic N) is 2. The van der Waals surface area contributed by atoms with E-state index in [1.165, 1.54) is 0 Å². The van der Waals surface area contributed by atoms with Gasteiger partial charge in [-0.2, -0.15) is 5.26 Å². The summed E-state index contributed by atoms with van der Waals surface area (Å²) in [4.78, 5) is 16.7. The van der Waals surface area contributed by atoms with Crippen molar-refractivity contribution in [2.24, 2.45) is 0 Å². The number of aromatic nitrogens is 1. The lowest BCUT2D eigenvalue weighted by atomic mass is 9.99. The van der Waals surface area contributed by atoms with Crippen molar-refractivity contribution in [2.75, 3.05) is 0 Å². The largest absolute Gasteiger partial charge is 0.344 e. The Morgan fingerprint density at radius 2 is 2.12 bits per heavy atom. The molecule has 0 bridgehead atoms. The Morgan fingerprint density at radius 1 is 1.36 bits per heavy atom. The van der Waals surface area contributed by atoms with Crippen molar-refractivity contribution in [2.45, 2.75) is 25.8 Å². The molecule has 3 rings (SSSR count). The van der Waals surface area contributed by atoms with Crippen LogP contribution in [0, 0.1) is 23.7 Å². The van der Waals surface area contributed by atoms with Gasteiger partial charge in [-0.15, -0.1) is 0 Å². The van der Waals surface area contributed by atoms with E-state index in [1.54, 1.807) is 42.6 Å². The molecule has 1 heterocycles. The smallest absolute Gasteiger partial charge is 0.251 e. The highest BCUT2D eigenvalue weighted by molar-refractivity contribution is 6.03.